The van der Waals surface area contributed by atoms with Crippen molar-refractivity contribution in [2.75, 3.05) is 6.61 Å². The monoisotopic (exact) mass is 306 g/mol. The van der Waals surface area contributed by atoms with Crippen molar-refractivity contribution in [1.82, 2.24) is 0 Å². The first-order valence-electron chi connectivity index (χ1n) is 7.73. The number of hydrogen-bond acceptors (Lipinski definition) is 3. The number of hydrogen-bond donors (Lipinski definition) is 1. The van der Waals surface area contributed by atoms with Gasteiger partial charge < -0.3 is 9.84 Å². The molecule has 114 valence electrons. The molecule has 1 saturated carbocycles. The maximum atomic E-state index is 11.2. The van der Waals surface area contributed by atoms with Crippen LogP contribution in [0.15, 0.2) is 23.1 Å². The van der Waals surface area contributed by atoms with Crippen molar-refractivity contribution in [1.29, 1.82) is 0 Å². The largest absolute Gasteiger partial charge is 0.478 e. The van der Waals surface area contributed by atoms with Crippen LogP contribution in [0, 0.1) is 6.92 Å². The molecule has 0 amide bonds. The highest BCUT2D eigenvalue weighted by atomic mass is 32.2. The first kappa shape index (κ1) is 14.9. The van der Waals surface area contributed by atoms with Gasteiger partial charge in [0.1, 0.15) is 0 Å². The molecule has 21 heavy (non-hydrogen) atoms. The van der Waals surface area contributed by atoms with Crippen LogP contribution >= 0.6 is 11.8 Å². The van der Waals surface area contributed by atoms with Gasteiger partial charge in [-0.1, -0.05) is 18.9 Å². The minimum atomic E-state index is -0.839. The molecule has 2 fully saturated rings. The van der Waals surface area contributed by atoms with Crippen LogP contribution in [0.4, 0.5) is 0 Å². The van der Waals surface area contributed by atoms with Gasteiger partial charge in [-0.3, -0.25) is 0 Å². The minimum Gasteiger partial charge on any atom is -0.478 e. The zero-order valence-corrected chi connectivity index (χ0v) is 13.2. The number of aromatic carboxylic acids is 1. The second-order valence-electron chi connectivity index (χ2n) is 6.25. The molecule has 1 aliphatic heterocycles. The van der Waals surface area contributed by atoms with E-state index < -0.39 is 5.97 Å². The number of carbonyl (C=O) groups is 1. The van der Waals surface area contributed by atoms with Crippen molar-refractivity contribution < 1.29 is 14.6 Å². The predicted octanol–water partition coefficient (Wildman–Crippen LogP) is 4.28. The van der Waals surface area contributed by atoms with Crippen molar-refractivity contribution in [3.8, 4) is 0 Å². The van der Waals surface area contributed by atoms with Gasteiger partial charge in [0.15, 0.2) is 0 Å². The molecule has 1 spiro atoms. The first-order valence-corrected chi connectivity index (χ1v) is 8.61. The Morgan fingerprint density at radius 3 is 2.86 bits per heavy atom. The summed E-state index contributed by atoms with van der Waals surface area (Å²) in [4.78, 5) is 12.3. The van der Waals surface area contributed by atoms with Gasteiger partial charge >= 0.3 is 5.97 Å². The predicted molar refractivity (Wildman–Crippen MR) is 84.2 cm³/mol. The standard InChI is InChI=1S/C17H22O3S/c1-12-4-5-13(10-15(12)16(18)19)21-14-6-9-20-17(11-14)7-2-3-8-17/h4-5,10,14H,2-3,6-9,11H2,1H3,(H,18,19). The lowest BCUT2D eigenvalue weighted by molar-refractivity contribution is -0.0704. The van der Waals surface area contributed by atoms with Gasteiger partial charge in [-0.25, -0.2) is 4.79 Å². The van der Waals surface area contributed by atoms with Crippen molar-refractivity contribution in [2.45, 2.75) is 61.2 Å². The van der Waals surface area contributed by atoms with Gasteiger partial charge in [0.05, 0.1) is 11.2 Å². The third-order valence-corrected chi connectivity index (χ3v) is 5.97. The summed E-state index contributed by atoms with van der Waals surface area (Å²) in [6, 6.07) is 5.78. The highest BCUT2D eigenvalue weighted by Crippen LogP contribution is 2.44. The number of thioether (sulfide) groups is 1. The lowest BCUT2D eigenvalue weighted by Crippen LogP contribution is -2.38. The number of carboxylic acids is 1. The van der Waals surface area contributed by atoms with Gasteiger partial charge in [0.2, 0.25) is 0 Å². The van der Waals surface area contributed by atoms with Gasteiger partial charge in [-0.15, -0.1) is 11.8 Å². The van der Waals surface area contributed by atoms with E-state index in [9.17, 15) is 9.90 Å². The summed E-state index contributed by atoms with van der Waals surface area (Å²) < 4.78 is 6.07. The smallest absolute Gasteiger partial charge is 0.335 e. The van der Waals surface area contributed by atoms with E-state index in [4.69, 9.17) is 4.74 Å². The molecule has 1 N–H and O–H groups in total. The molecule has 2 aliphatic rings. The summed E-state index contributed by atoms with van der Waals surface area (Å²) in [6.07, 6.45) is 7.11. The zero-order chi connectivity index (χ0) is 14.9. The normalized spacial score (nSPS) is 24.3. The van der Waals surface area contributed by atoms with Crippen LogP contribution in [0.3, 0.4) is 0 Å². The topological polar surface area (TPSA) is 46.5 Å². The molecule has 3 nitrogen and oxygen atoms in total. The van der Waals surface area contributed by atoms with Crippen LogP contribution < -0.4 is 0 Å². The SMILES string of the molecule is Cc1ccc(SC2CCOC3(CCCC3)C2)cc1C(=O)O. The summed E-state index contributed by atoms with van der Waals surface area (Å²) >= 11 is 1.82. The van der Waals surface area contributed by atoms with Crippen molar-refractivity contribution in [3.63, 3.8) is 0 Å². The van der Waals surface area contributed by atoms with Crippen LogP contribution in [0.25, 0.3) is 0 Å². The van der Waals surface area contributed by atoms with Crippen LogP contribution in [0.2, 0.25) is 0 Å². The van der Waals surface area contributed by atoms with E-state index in [1.54, 1.807) is 0 Å². The van der Waals surface area contributed by atoms with E-state index in [1.807, 2.05) is 36.9 Å². The maximum absolute atomic E-state index is 11.2. The molecule has 1 saturated heterocycles. The van der Waals surface area contributed by atoms with E-state index >= 15 is 0 Å². The molecule has 3 rings (SSSR count). The van der Waals surface area contributed by atoms with Gasteiger partial charge in [-0.2, -0.15) is 0 Å². The Morgan fingerprint density at radius 2 is 2.14 bits per heavy atom. The third-order valence-electron chi connectivity index (χ3n) is 4.70. The average Bonchev–Trinajstić information content (AvgIpc) is 2.88. The number of ether oxygens (including phenoxy) is 1. The highest BCUT2D eigenvalue weighted by molar-refractivity contribution is 8.00. The average molecular weight is 306 g/mol. The van der Waals surface area contributed by atoms with Crippen molar-refractivity contribution in [3.05, 3.63) is 29.3 Å². The molecular weight excluding hydrogens is 284 g/mol. The van der Waals surface area contributed by atoms with Crippen LogP contribution in [0.1, 0.15) is 54.4 Å². The van der Waals surface area contributed by atoms with E-state index in [0.717, 1.165) is 29.9 Å². The Labute approximate surface area is 130 Å². The maximum Gasteiger partial charge on any atom is 0.335 e. The first-order chi connectivity index (χ1) is 10.1. The van der Waals surface area contributed by atoms with Crippen LogP contribution in [0.5, 0.6) is 0 Å². The summed E-state index contributed by atoms with van der Waals surface area (Å²) in [7, 11) is 0. The highest BCUT2D eigenvalue weighted by Gasteiger charge is 2.40. The van der Waals surface area contributed by atoms with Crippen molar-refractivity contribution in [2.24, 2.45) is 0 Å². The fourth-order valence-corrected chi connectivity index (χ4v) is 4.87. The Morgan fingerprint density at radius 1 is 1.38 bits per heavy atom. The molecule has 4 heteroatoms. The number of benzene rings is 1. The van der Waals surface area contributed by atoms with Crippen LogP contribution in [-0.2, 0) is 4.74 Å². The quantitative estimate of drug-likeness (QED) is 0.905. The molecular formula is C17H22O3S. The Kier molecular flexibility index (Phi) is 4.27. The molecule has 0 aromatic heterocycles. The molecule has 0 radical (unpaired) electrons. The molecule has 1 aromatic carbocycles. The summed E-state index contributed by atoms with van der Waals surface area (Å²) in [6.45, 7) is 2.69. The van der Waals surface area contributed by atoms with Gasteiger partial charge in [0.25, 0.3) is 0 Å². The molecule has 1 aromatic rings. The Hall–Kier alpha value is -1.00. The van der Waals surface area contributed by atoms with E-state index in [2.05, 4.69) is 0 Å². The summed E-state index contributed by atoms with van der Waals surface area (Å²) in [5, 5.41) is 9.78. The van der Waals surface area contributed by atoms with Gasteiger partial charge in [-0.05, 0) is 50.3 Å². The fourth-order valence-electron chi connectivity index (χ4n) is 3.55. The second-order valence-corrected chi connectivity index (χ2v) is 7.63. The lowest BCUT2D eigenvalue weighted by Gasteiger charge is -2.38. The van der Waals surface area contributed by atoms with E-state index in [0.29, 0.717) is 10.8 Å². The second kappa shape index (κ2) is 6.01. The zero-order valence-electron chi connectivity index (χ0n) is 12.4. The number of aryl methyl sites for hydroxylation is 1. The molecule has 1 atom stereocenters. The molecule has 1 unspecified atom stereocenters. The van der Waals surface area contributed by atoms with E-state index in [1.165, 1.54) is 25.7 Å². The Bertz CT molecular complexity index is 535. The van der Waals surface area contributed by atoms with Gasteiger partial charge in [0, 0.05) is 16.8 Å². The summed E-state index contributed by atoms with van der Waals surface area (Å²) in [5.41, 5.74) is 1.37. The molecule has 1 aliphatic carbocycles. The van der Waals surface area contributed by atoms with Crippen LogP contribution in [-0.4, -0.2) is 28.5 Å². The van der Waals surface area contributed by atoms with Crippen molar-refractivity contribution >= 4 is 17.7 Å². The summed E-state index contributed by atoms with van der Waals surface area (Å²) in [5.74, 6) is -0.839. The number of carboxylic acid groups (broad SMARTS) is 1. The molecule has 1 heterocycles. The Balaban J connectivity index is 1.71. The third kappa shape index (κ3) is 3.27. The fraction of sp³-hybridized carbons (Fsp3) is 0.588. The minimum absolute atomic E-state index is 0.121. The molecule has 0 bridgehead atoms. The lowest BCUT2D eigenvalue weighted by atomic mass is 9.92. The number of rotatable bonds is 3. The van der Waals surface area contributed by atoms with E-state index in [-0.39, 0.29) is 5.60 Å².